The minimum atomic E-state index is -0.281. The van der Waals surface area contributed by atoms with E-state index in [0.29, 0.717) is 17.5 Å². The minimum Gasteiger partial charge on any atom is -0.369 e. The zero-order valence-corrected chi connectivity index (χ0v) is 14.2. The van der Waals surface area contributed by atoms with Gasteiger partial charge in [0.1, 0.15) is 0 Å². The number of nitrogens with zero attached hydrogens (tertiary/aromatic N) is 1. The van der Waals surface area contributed by atoms with Crippen molar-refractivity contribution in [3.63, 3.8) is 0 Å². The Morgan fingerprint density at radius 2 is 2.04 bits per heavy atom. The Hall–Kier alpha value is -1.49. The molecule has 124 valence electrons. The van der Waals surface area contributed by atoms with Crippen molar-refractivity contribution >= 4 is 23.6 Å². The number of piperidine rings is 1. The standard InChI is InChI=1S/C18H24N2O2S/c19-18(22)14-7-4-10-20(11-14)17(21)12-23-16-9-3-6-13-5-1-2-8-15(13)16/h1-2,5,8,14,16H,3-4,6-7,9-12H2,(H2,19,22). The number of likely N-dealkylation sites (tertiary alicyclic amines) is 1. The quantitative estimate of drug-likeness (QED) is 0.921. The molecule has 2 N–H and O–H groups in total. The average Bonchev–Trinajstić information content (AvgIpc) is 2.59. The maximum Gasteiger partial charge on any atom is 0.232 e. The Bertz CT molecular complexity index is 590. The number of nitrogens with two attached hydrogens (primary N) is 1. The summed E-state index contributed by atoms with van der Waals surface area (Å²) in [4.78, 5) is 25.6. The smallest absolute Gasteiger partial charge is 0.232 e. The molecule has 0 spiro atoms. The number of aryl methyl sites for hydroxylation is 1. The van der Waals surface area contributed by atoms with Crippen molar-refractivity contribution in [1.82, 2.24) is 4.90 Å². The highest BCUT2D eigenvalue weighted by Crippen LogP contribution is 2.39. The van der Waals surface area contributed by atoms with E-state index in [2.05, 4.69) is 24.3 Å². The fourth-order valence-corrected chi connectivity index (χ4v) is 4.85. The van der Waals surface area contributed by atoms with Crippen molar-refractivity contribution in [2.75, 3.05) is 18.8 Å². The molecule has 1 aliphatic heterocycles. The third-order valence-corrected chi connectivity index (χ3v) is 6.20. The predicted molar refractivity (Wildman–Crippen MR) is 93.1 cm³/mol. The second kappa shape index (κ2) is 7.39. The summed E-state index contributed by atoms with van der Waals surface area (Å²) >= 11 is 1.74. The first kappa shape index (κ1) is 16.4. The van der Waals surface area contributed by atoms with Crippen molar-refractivity contribution in [3.8, 4) is 0 Å². The summed E-state index contributed by atoms with van der Waals surface area (Å²) in [5, 5.41) is 0.417. The second-order valence-corrected chi connectivity index (χ2v) is 7.66. The highest BCUT2D eigenvalue weighted by Gasteiger charge is 2.28. The van der Waals surface area contributed by atoms with Crippen LogP contribution in [0.2, 0.25) is 0 Å². The number of thioether (sulfide) groups is 1. The summed E-state index contributed by atoms with van der Waals surface area (Å²) in [5.41, 5.74) is 8.21. The summed E-state index contributed by atoms with van der Waals surface area (Å²) < 4.78 is 0. The van der Waals surface area contributed by atoms with Crippen LogP contribution in [0.4, 0.5) is 0 Å². The molecule has 1 aliphatic carbocycles. The van der Waals surface area contributed by atoms with Gasteiger partial charge in [-0.3, -0.25) is 9.59 Å². The molecule has 4 nitrogen and oxygen atoms in total. The molecule has 2 atom stereocenters. The Balaban J connectivity index is 1.56. The van der Waals surface area contributed by atoms with Crippen molar-refractivity contribution in [2.45, 2.75) is 37.4 Å². The topological polar surface area (TPSA) is 63.4 Å². The van der Waals surface area contributed by atoms with Gasteiger partial charge >= 0.3 is 0 Å². The zero-order valence-electron chi connectivity index (χ0n) is 13.4. The van der Waals surface area contributed by atoms with Crippen molar-refractivity contribution in [2.24, 2.45) is 11.7 Å². The van der Waals surface area contributed by atoms with Crippen molar-refractivity contribution in [3.05, 3.63) is 35.4 Å². The Kier molecular flexibility index (Phi) is 5.26. The van der Waals surface area contributed by atoms with Crippen LogP contribution in [0.3, 0.4) is 0 Å². The zero-order chi connectivity index (χ0) is 16.2. The van der Waals surface area contributed by atoms with E-state index in [1.165, 1.54) is 17.5 Å². The molecular formula is C18H24N2O2S. The number of primary amides is 1. The molecule has 2 amide bonds. The molecular weight excluding hydrogens is 308 g/mol. The van der Waals surface area contributed by atoms with Gasteiger partial charge in [-0.2, -0.15) is 0 Å². The molecule has 2 unspecified atom stereocenters. The van der Waals surface area contributed by atoms with E-state index in [4.69, 9.17) is 5.73 Å². The van der Waals surface area contributed by atoms with Crippen LogP contribution in [-0.2, 0) is 16.0 Å². The van der Waals surface area contributed by atoms with Gasteiger partial charge in [-0.1, -0.05) is 24.3 Å². The van der Waals surface area contributed by atoms with Gasteiger partial charge < -0.3 is 10.6 Å². The lowest BCUT2D eigenvalue weighted by Gasteiger charge is -2.32. The highest BCUT2D eigenvalue weighted by atomic mass is 32.2. The van der Waals surface area contributed by atoms with E-state index < -0.39 is 0 Å². The number of amides is 2. The van der Waals surface area contributed by atoms with Crippen molar-refractivity contribution < 1.29 is 9.59 Å². The Morgan fingerprint density at radius 1 is 1.22 bits per heavy atom. The van der Waals surface area contributed by atoms with Crippen LogP contribution in [0, 0.1) is 5.92 Å². The van der Waals surface area contributed by atoms with Crippen molar-refractivity contribution in [1.29, 1.82) is 0 Å². The molecule has 1 saturated heterocycles. The van der Waals surface area contributed by atoms with Crippen LogP contribution in [-0.4, -0.2) is 35.6 Å². The van der Waals surface area contributed by atoms with Crippen LogP contribution >= 0.6 is 11.8 Å². The Labute approximate surface area is 141 Å². The summed E-state index contributed by atoms with van der Waals surface area (Å²) in [6.07, 6.45) is 5.15. The van der Waals surface area contributed by atoms with Crippen LogP contribution < -0.4 is 5.73 Å². The third-order valence-electron chi connectivity index (χ3n) is 4.90. The molecule has 1 heterocycles. The molecule has 0 bridgehead atoms. The molecule has 1 aromatic carbocycles. The van der Waals surface area contributed by atoms with Crippen LogP contribution in [0.15, 0.2) is 24.3 Å². The molecule has 0 radical (unpaired) electrons. The van der Waals surface area contributed by atoms with Gasteiger partial charge in [-0.15, -0.1) is 11.8 Å². The van der Waals surface area contributed by atoms with Crippen LogP contribution in [0.25, 0.3) is 0 Å². The number of carbonyl (C=O) groups excluding carboxylic acids is 2. The van der Waals surface area contributed by atoms with E-state index >= 15 is 0 Å². The van der Waals surface area contributed by atoms with Crippen LogP contribution in [0.1, 0.15) is 42.1 Å². The molecule has 23 heavy (non-hydrogen) atoms. The number of carbonyl (C=O) groups is 2. The second-order valence-electron chi connectivity index (χ2n) is 6.47. The fourth-order valence-electron chi connectivity index (χ4n) is 3.58. The lowest BCUT2D eigenvalue weighted by Crippen LogP contribution is -2.44. The minimum absolute atomic E-state index is 0.143. The monoisotopic (exact) mass is 332 g/mol. The molecule has 1 fully saturated rings. The summed E-state index contributed by atoms with van der Waals surface area (Å²) in [7, 11) is 0. The van der Waals surface area contributed by atoms with Gasteiger partial charge in [0.05, 0.1) is 11.7 Å². The summed E-state index contributed by atoms with van der Waals surface area (Å²) in [6, 6.07) is 8.57. The Morgan fingerprint density at radius 3 is 2.87 bits per heavy atom. The molecule has 0 aromatic heterocycles. The molecule has 0 saturated carbocycles. The van der Waals surface area contributed by atoms with E-state index in [1.807, 2.05) is 4.90 Å². The molecule has 5 heteroatoms. The molecule has 2 aliphatic rings. The first-order valence-electron chi connectivity index (χ1n) is 8.41. The van der Waals surface area contributed by atoms with Gasteiger partial charge in [-0.05, 0) is 43.2 Å². The largest absolute Gasteiger partial charge is 0.369 e. The fraction of sp³-hybridized carbons (Fsp3) is 0.556. The number of hydrogen-bond acceptors (Lipinski definition) is 3. The van der Waals surface area contributed by atoms with E-state index in [0.717, 1.165) is 32.2 Å². The first-order valence-corrected chi connectivity index (χ1v) is 9.46. The maximum absolute atomic E-state index is 12.5. The molecule has 1 aromatic rings. The number of hydrogen-bond donors (Lipinski definition) is 1. The number of fused-ring (bicyclic) bond motifs is 1. The van der Waals surface area contributed by atoms with Gasteiger partial charge in [0.15, 0.2) is 0 Å². The lowest BCUT2D eigenvalue weighted by molar-refractivity contribution is -0.132. The molecule has 3 rings (SSSR count). The normalized spacial score (nSPS) is 24.1. The predicted octanol–water partition coefficient (Wildman–Crippen LogP) is 2.52. The van der Waals surface area contributed by atoms with Gasteiger partial charge in [0, 0.05) is 18.3 Å². The van der Waals surface area contributed by atoms with Gasteiger partial charge in [0.2, 0.25) is 11.8 Å². The van der Waals surface area contributed by atoms with Crippen LogP contribution in [0.5, 0.6) is 0 Å². The summed E-state index contributed by atoms with van der Waals surface area (Å²) in [6.45, 7) is 1.25. The highest BCUT2D eigenvalue weighted by molar-refractivity contribution is 8.00. The number of benzene rings is 1. The summed E-state index contributed by atoms with van der Waals surface area (Å²) in [5.74, 6) is 0.179. The third kappa shape index (κ3) is 3.89. The van der Waals surface area contributed by atoms with E-state index in [-0.39, 0.29) is 17.7 Å². The number of rotatable bonds is 4. The average molecular weight is 332 g/mol. The van der Waals surface area contributed by atoms with Gasteiger partial charge in [0.25, 0.3) is 0 Å². The maximum atomic E-state index is 12.5. The van der Waals surface area contributed by atoms with E-state index in [9.17, 15) is 9.59 Å². The lowest BCUT2D eigenvalue weighted by atomic mass is 9.91. The first-order chi connectivity index (χ1) is 11.1. The van der Waals surface area contributed by atoms with E-state index in [1.54, 1.807) is 11.8 Å². The SMILES string of the molecule is NC(=O)C1CCCN(C(=O)CSC2CCCc3ccccc32)C1. The van der Waals surface area contributed by atoms with Gasteiger partial charge in [-0.25, -0.2) is 0 Å².